The molecule has 0 saturated heterocycles. The van der Waals surface area contributed by atoms with Crippen molar-refractivity contribution in [2.45, 2.75) is 13.0 Å². The fourth-order valence-electron chi connectivity index (χ4n) is 1.66. The minimum absolute atomic E-state index is 0.146. The summed E-state index contributed by atoms with van der Waals surface area (Å²) in [5.41, 5.74) is 0.0645. The van der Waals surface area contributed by atoms with Crippen molar-refractivity contribution in [3.8, 4) is 0 Å². The van der Waals surface area contributed by atoms with Gasteiger partial charge in [0.15, 0.2) is 0 Å². The van der Waals surface area contributed by atoms with E-state index in [1.807, 2.05) is 0 Å². The number of methoxy groups -OCH3 is 1. The van der Waals surface area contributed by atoms with Gasteiger partial charge < -0.3 is 15.0 Å². The normalized spacial score (nSPS) is 11.4. The number of carbonyl (C=O) groups is 2. The van der Waals surface area contributed by atoms with E-state index >= 15 is 0 Å². The maximum atomic E-state index is 11.8. The maximum absolute atomic E-state index is 11.8. The Kier molecular flexibility index (Phi) is 5.23. The third-order valence-corrected chi connectivity index (χ3v) is 2.77. The first-order valence-corrected chi connectivity index (χ1v) is 6.12. The highest BCUT2D eigenvalue weighted by molar-refractivity contribution is 5.95. The van der Waals surface area contributed by atoms with E-state index in [1.54, 1.807) is 14.1 Å². The van der Waals surface area contributed by atoms with Gasteiger partial charge in [0.1, 0.15) is 11.7 Å². The minimum atomic E-state index is -0.746. The van der Waals surface area contributed by atoms with E-state index in [9.17, 15) is 19.7 Å². The van der Waals surface area contributed by atoms with E-state index in [1.165, 1.54) is 37.1 Å². The molecule has 21 heavy (non-hydrogen) atoms. The van der Waals surface area contributed by atoms with E-state index < -0.39 is 16.9 Å². The van der Waals surface area contributed by atoms with E-state index in [4.69, 9.17) is 0 Å². The quantitative estimate of drug-likeness (QED) is 0.498. The van der Waals surface area contributed by atoms with Crippen LogP contribution in [0.25, 0.3) is 0 Å². The van der Waals surface area contributed by atoms with Gasteiger partial charge in [-0.15, -0.1) is 0 Å². The van der Waals surface area contributed by atoms with Gasteiger partial charge in [-0.25, -0.2) is 4.79 Å². The van der Waals surface area contributed by atoms with Gasteiger partial charge in [-0.05, 0) is 19.1 Å². The van der Waals surface area contributed by atoms with Crippen LogP contribution in [0.5, 0.6) is 0 Å². The Hall–Kier alpha value is -2.64. The molecule has 0 aliphatic carbocycles. The molecule has 1 unspecified atom stereocenters. The monoisotopic (exact) mass is 295 g/mol. The zero-order chi connectivity index (χ0) is 16.2. The number of esters is 1. The highest BCUT2D eigenvalue weighted by Gasteiger charge is 2.21. The number of ether oxygens (including phenoxy) is 1. The van der Waals surface area contributed by atoms with Crippen molar-refractivity contribution in [3.05, 3.63) is 33.9 Å². The van der Waals surface area contributed by atoms with Crippen LogP contribution in [0.2, 0.25) is 0 Å². The largest absolute Gasteiger partial charge is 0.467 e. The Morgan fingerprint density at radius 3 is 2.48 bits per heavy atom. The zero-order valence-electron chi connectivity index (χ0n) is 12.2. The SMILES string of the molecule is COC(=O)C(C)Nc1ccc(C(=O)N(C)C)cc1[N+](=O)[O-]. The molecule has 114 valence electrons. The summed E-state index contributed by atoms with van der Waals surface area (Å²) in [7, 11) is 4.34. The second-order valence-corrected chi connectivity index (χ2v) is 4.58. The Bertz CT molecular complexity index is 571. The molecule has 0 aliphatic heterocycles. The van der Waals surface area contributed by atoms with Crippen molar-refractivity contribution in [2.24, 2.45) is 0 Å². The Morgan fingerprint density at radius 1 is 1.38 bits per heavy atom. The fourth-order valence-corrected chi connectivity index (χ4v) is 1.66. The van der Waals surface area contributed by atoms with Crippen LogP contribution in [0.1, 0.15) is 17.3 Å². The maximum Gasteiger partial charge on any atom is 0.327 e. The van der Waals surface area contributed by atoms with Crippen LogP contribution in [0.4, 0.5) is 11.4 Å². The van der Waals surface area contributed by atoms with Crippen molar-refractivity contribution in [1.29, 1.82) is 0 Å². The first-order chi connectivity index (χ1) is 9.77. The van der Waals surface area contributed by atoms with E-state index in [-0.39, 0.29) is 22.8 Å². The van der Waals surface area contributed by atoms with Crippen LogP contribution < -0.4 is 5.32 Å². The average Bonchev–Trinajstić information content (AvgIpc) is 2.45. The zero-order valence-corrected chi connectivity index (χ0v) is 12.2. The van der Waals surface area contributed by atoms with Gasteiger partial charge in [-0.1, -0.05) is 0 Å². The summed E-state index contributed by atoms with van der Waals surface area (Å²) in [6.07, 6.45) is 0. The number of nitro groups is 1. The Morgan fingerprint density at radius 2 is 2.00 bits per heavy atom. The molecule has 1 N–H and O–H groups in total. The van der Waals surface area contributed by atoms with Gasteiger partial charge >= 0.3 is 5.97 Å². The van der Waals surface area contributed by atoms with Crippen LogP contribution in [0.3, 0.4) is 0 Å². The highest BCUT2D eigenvalue weighted by Crippen LogP contribution is 2.26. The molecule has 0 saturated carbocycles. The van der Waals surface area contributed by atoms with Crippen LogP contribution in [-0.4, -0.2) is 48.9 Å². The first kappa shape index (κ1) is 16.4. The fraction of sp³-hybridized carbons (Fsp3) is 0.385. The van der Waals surface area contributed by atoms with Gasteiger partial charge in [0.25, 0.3) is 11.6 Å². The highest BCUT2D eigenvalue weighted by atomic mass is 16.6. The van der Waals surface area contributed by atoms with Crippen LogP contribution >= 0.6 is 0 Å². The lowest BCUT2D eigenvalue weighted by molar-refractivity contribution is -0.384. The van der Waals surface area contributed by atoms with Crippen molar-refractivity contribution in [2.75, 3.05) is 26.5 Å². The second kappa shape index (κ2) is 6.69. The van der Waals surface area contributed by atoms with Crippen molar-refractivity contribution < 1.29 is 19.2 Å². The van der Waals surface area contributed by atoms with Crippen molar-refractivity contribution in [3.63, 3.8) is 0 Å². The van der Waals surface area contributed by atoms with Crippen LogP contribution in [0.15, 0.2) is 18.2 Å². The van der Waals surface area contributed by atoms with Gasteiger partial charge in [-0.3, -0.25) is 14.9 Å². The molecule has 1 rings (SSSR count). The number of nitrogens with one attached hydrogen (secondary N) is 1. The van der Waals surface area contributed by atoms with Gasteiger partial charge in [0.05, 0.1) is 12.0 Å². The predicted octanol–water partition coefficient (Wildman–Crippen LogP) is 1.27. The van der Waals surface area contributed by atoms with E-state index in [0.29, 0.717) is 0 Å². The third-order valence-electron chi connectivity index (χ3n) is 2.77. The standard InChI is InChI=1S/C13H17N3O5/c1-8(13(18)21-4)14-10-6-5-9(12(17)15(2)3)7-11(10)16(19)20/h5-8,14H,1-4H3. The molecule has 1 atom stereocenters. The van der Waals surface area contributed by atoms with E-state index in [0.717, 1.165) is 0 Å². The summed E-state index contributed by atoms with van der Waals surface area (Å²) in [6.45, 7) is 1.52. The predicted molar refractivity (Wildman–Crippen MR) is 76.2 cm³/mol. The lowest BCUT2D eigenvalue weighted by atomic mass is 10.1. The average molecular weight is 295 g/mol. The summed E-state index contributed by atoms with van der Waals surface area (Å²) in [5, 5.41) is 13.8. The number of rotatable bonds is 5. The number of benzene rings is 1. The molecule has 0 fully saturated rings. The number of hydrogen-bond acceptors (Lipinski definition) is 6. The molecule has 0 heterocycles. The number of amides is 1. The molecule has 8 nitrogen and oxygen atoms in total. The smallest absolute Gasteiger partial charge is 0.327 e. The molecule has 0 aliphatic rings. The van der Waals surface area contributed by atoms with Gasteiger partial charge in [0, 0.05) is 25.7 Å². The molecular weight excluding hydrogens is 278 g/mol. The van der Waals surface area contributed by atoms with E-state index in [2.05, 4.69) is 10.1 Å². The lowest BCUT2D eigenvalue weighted by Gasteiger charge is -2.14. The Labute approximate surface area is 121 Å². The van der Waals surface area contributed by atoms with Gasteiger partial charge in [-0.2, -0.15) is 0 Å². The number of anilines is 1. The lowest BCUT2D eigenvalue weighted by Crippen LogP contribution is -2.27. The number of nitrogens with zero attached hydrogens (tertiary/aromatic N) is 2. The molecule has 0 bridgehead atoms. The summed E-state index contributed by atoms with van der Waals surface area (Å²) in [5.74, 6) is -0.886. The molecule has 8 heteroatoms. The summed E-state index contributed by atoms with van der Waals surface area (Å²) in [6, 6.07) is 3.29. The van der Waals surface area contributed by atoms with Crippen LogP contribution in [0, 0.1) is 10.1 Å². The minimum Gasteiger partial charge on any atom is -0.467 e. The van der Waals surface area contributed by atoms with Crippen molar-refractivity contribution in [1.82, 2.24) is 4.90 Å². The molecule has 0 radical (unpaired) electrons. The second-order valence-electron chi connectivity index (χ2n) is 4.58. The molecule has 1 amide bonds. The summed E-state index contributed by atoms with van der Waals surface area (Å²) < 4.78 is 4.55. The van der Waals surface area contributed by atoms with Crippen molar-refractivity contribution >= 4 is 23.3 Å². The number of nitro benzene ring substituents is 1. The molecule has 0 spiro atoms. The summed E-state index contributed by atoms with van der Waals surface area (Å²) in [4.78, 5) is 35.0. The molecule has 0 aromatic heterocycles. The third kappa shape index (κ3) is 3.91. The molecule has 1 aromatic carbocycles. The van der Waals surface area contributed by atoms with Gasteiger partial charge in [0.2, 0.25) is 0 Å². The topological polar surface area (TPSA) is 102 Å². The Balaban J connectivity index is 3.14. The summed E-state index contributed by atoms with van der Waals surface area (Å²) >= 11 is 0. The molecule has 1 aromatic rings. The van der Waals surface area contributed by atoms with Crippen LogP contribution in [-0.2, 0) is 9.53 Å². The first-order valence-electron chi connectivity index (χ1n) is 6.12. The number of carbonyl (C=O) groups excluding carboxylic acids is 2. The molecular formula is C13H17N3O5. The number of hydrogen-bond donors (Lipinski definition) is 1.